The normalized spacial score (nSPS) is 32.0. The molecule has 3 atom stereocenters. The van der Waals surface area contributed by atoms with E-state index in [1.54, 1.807) is 0 Å². The van der Waals surface area contributed by atoms with Gasteiger partial charge in [0.2, 0.25) is 0 Å². The Morgan fingerprint density at radius 3 is 2.29 bits per heavy atom. The molecule has 1 amide bonds. The molecule has 0 aromatic carbocycles. The van der Waals surface area contributed by atoms with E-state index < -0.39 is 5.60 Å². The molecule has 0 aromatic rings. The molecule has 2 saturated heterocycles. The van der Waals surface area contributed by atoms with E-state index >= 15 is 0 Å². The molecule has 0 bridgehead atoms. The lowest BCUT2D eigenvalue weighted by Gasteiger charge is -2.47. The summed E-state index contributed by atoms with van der Waals surface area (Å²) in [6.45, 7) is 13.5. The maximum Gasteiger partial charge on any atom is 0.410 e. The van der Waals surface area contributed by atoms with Crippen LogP contribution in [-0.2, 0) is 4.74 Å². The van der Waals surface area contributed by atoms with Gasteiger partial charge in [0, 0.05) is 18.6 Å². The maximum absolute atomic E-state index is 12.3. The Hall–Kier alpha value is -0.770. The molecule has 2 aliphatic rings. The van der Waals surface area contributed by atoms with Gasteiger partial charge < -0.3 is 9.64 Å². The highest BCUT2D eigenvalue weighted by Crippen LogP contribution is 2.29. The standard InChI is InChI=1S/C17H32N2O2/c1-13-12-19(16(20)21-17(3,4)5)14(2)11-15(13)18-9-7-6-8-10-18/h13-15H,6-12H2,1-5H3. The van der Waals surface area contributed by atoms with Crippen LogP contribution in [0.2, 0.25) is 0 Å². The molecule has 0 saturated carbocycles. The highest BCUT2D eigenvalue weighted by molar-refractivity contribution is 5.68. The summed E-state index contributed by atoms with van der Waals surface area (Å²) in [6.07, 6.45) is 4.94. The van der Waals surface area contributed by atoms with E-state index in [9.17, 15) is 4.79 Å². The van der Waals surface area contributed by atoms with Crippen molar-refractivity contribution >= 4 is 6.09 Å². The zero-order valence-electron chi connectivity index (χ0n) is 14.4. The largest absolute Gasteiger partial charge is 0.444 e. The SMILES string of the molecule is CC1CN(C(=O)OC(C)(C)C)C(C)CC1N1CCCCC1. The molecule has 2 aliphatic heterocycles. The van der Waals surface area contributed by atoms with Gasteiger partial charge in [0.05, 0.1) is 0 Å². The highest BCUT2D eigenvalue weighted by Gasteiger charge is 2.38. The molecule has 21 heavy (non-hydrogen) atoms. The van der Waals surface area contributed by atoms with Gasteiger partial charge in [-0.1, -0.05) is 13.3 Å². The summed E-state index contributed by atoms with van der Waals surface area (Å²) in [5, 5.41) is 0. The van der Waals surface area contributed by atoms with Crippen LogP contribution in [0.5, 0.6) is 0 Å². The molecule has 0 N–H and O–H groups in total. The van der Waals surface area contributed by atoms with Crippen LogP contribution in [0.1, 0.15) is 60.3 Å². The van der Waals surface area contributed by atoms with E-state index in [-0.39, 0.29) is 12.1 Å². The Balaban J connectivity index is 1.96. The second-order valence-electron chi connectivity index (χ2n) is 7.86. The minimum Gasteiger partial charge on any atom is -0.444 e. The molecule has 122 valence electrons. The zero-order chi connectivity index (χ0) is 15.6. The fraction of sp³-hybridized carbons (Fsp3) is 0.941. The van der Waals surface area contributed by atoms with E-state index in [1.165, 1.54) is 32.4 Å². The molecule has 0 aliphatic carbocycles. The minimum absolute atomic E-state index is 0.154. The van der Waals surface area contributed by atoms with Crippen molar-refractivity contribution in [3.8, 4) is 0 Å². The zero-order valence-corrected chi connectivity index (χ0v) is 14.4. The van der Waals surface area contributed by atoms with Gasteiger partial charge in [0.1, 0.15) is 5.60 Å². The van der Waals surface area contributed by atoms with Crippen LogP contribution in [0.3, 0.4) is 0 Å². The second kappa shape index (κ2) is 6.55. The van der Waals surface area contributed by atoms with Crippen molar-refractivity contribution in [1.29, 1.82) is 0 Å². The van der Waals surface area contributed by atoms with Gasteiger partial charge in [-0.25, -0.2) is 4.79 Å². The number of likely N-dealkylation sites (tertiary alicyclic amines) is 2. The first-order valence-electron chi connectivity index (χ1n) is 8.51. The topological polar surface area (TPSA) is 32.8 Å². The van der Waals surface area contributed by atoms with Crippen LogP contribution in [0.4, 0.5) is 4.79 Å². The molecule has 0 aromatic heterocycles. The van der Waals surface area contributed by atoms with Gasteiger partial charge in [0.25, 0.3) is 0 Å². The number of amides is 1. The van der Waals surface area contributed by atoms with E-state index in [4.69, 9.17) is 4.74 Å². The maximum atomic E-state index is 12.3. The van der Waals surface area contributed by atoms with Crippen molar-refractivity contribution in [2.24, 2.45) is 5.92 Å². The van der Waals surface area contributed by atoms with Crippen molar-refractivity contribution in [2.75, 3.05) is 19.6 Å². The summed E-state index contributed by atoms with van der Waals surface area (Å²) in [7, 11) is 0. The van der Waals surface area contributed by atoms with Gasteiger partial charge in [-0.05, 0) is 66.0 Å². The summed E-state index contributed by atoms with van der Waals surface area (Å²) in [5.74, 6) is 0.520. The van der Waals surface area contributed by atoms with Gasteiger partial charge in [0.15, 0.2) is 0 Å². The number of piperidine rings is 2. The van der Waals surface area contributed by atoms with Crippen LogP contribution in [0.15, 0.2) is 0 Å². The number of hydrogen-bond donors (Lipinski definition) is 0. The number of nitrogens with zero attached hydrogens (tertiary/aromatic N) is 2. The molecule has 2 heterocycles. The molecule has 2 rings (SSSR count). The summed E-state index contributed by atoms with van der Waals surface area (Å²) in [4.78, 5) is 16.9. The Morgan fingerprint density at radius 2 is 1.71 bits per heavy atom. The number of ether oxygens (including phenoxy) is 1. The number of carbonyl (C=O) groups is 1. The molecule has 0 spiro atoms. The van der Waals surface area contributed by atoms with Crippen molar-refractivity contribution in [1.82, 2.24) is 9.80 Å². The van der Waals surface area contributed by atoms with Gasteiger partial charge in [-0.3, -0.25) is 4.90 Å². The van der Waals surface area contributed by atoms with Gasteiger partial charge >= 0.3 is 6.09 Å². The first-order valence-corrected chi connectivity index (χ1v) is 8.51. The number of carbonyl (C=O) groups excluding carboxylic acids is 1. The van der Waals surface area contributed by atoms with E-state index in [2.05, 4.69) is 18.7 Å². The molecule has 4 heteroatoms. The monoisotopic (exact) mass is 296 g/mol. The molecular weight excluding hydrogens is 264 g/mol. The molecular formula is C17H32N2O2. The van der Waals surface area contributed by atoms with Gasteiger partial charge in [-0.2, -0.15) is 0 Å². The number of rotatable bonds is 1. The third-order valence-electron chi connectivity index (χ3n) is 4.74. The highest BCUT2D eigenvalue weighted by atomic mass is 16.6. The van der Waals surface area contributed by atoms with Crippen molar-refractivity contribution in [3.63, 3.8) is 0 Å². The summed E-state index contributed by atoms with van der Waals surface area (Å²) in [6, 6.07) is 0.891. The van der Waals surface area contributed by atoms with E-state index in [0.29, 0.717) is 12.0 Å². The number of hydrogen-bond acceptors (Lipinski definition) is 3. The Labute approximate surface area is 129 Å². The predicted octanol–water partition coefficient (Wildman–Crippen LogP) is 3.51. The lowest BCUT2D eigenvalue weighted by molar-refractivity contribution is -0.0142. The summed E-state index contributed by atoms with van der Waals surface area (Å²) < 4.78 is 5.55. The Kier molecular flexibility index (Phi) is 5.18. The third-order valence-corrected chi connectivity index (χ3v) is 4.74. The van der Waals surface area contributed by atoms with Crippen LogP contribution in [0, 0.1) is 5.92 Å². The first kappa shape index (κ1) is 16.6. The van der Waals surface area contributed by atoms with Crippen molar-refractivity contribution < 1.29 is 9.53 Å². The fourth-order valence-corrected chi connectivity index (χ4v) is 3.65. The molecule has 4 nitrogen and oxygen atoms in total. The quantitative estimate of drug-likeness (QED) is 0.742. The van der Waals surface area contributed by atoms with Crippen LogP contribution in [0.25, 0.3) is 0 Å². The predicted molar refractivity (Wildman–Crippen MR) is 85.4 cm³/mol. The lowest BCUT2D eigenvalue weighted by Crippen LogP contribution is -2.56. The van der Waals surface area contributed by atoms with E-state index in [1.807, 2.05) is 25.7 Å². The molecule has 2 fully saturated rings. The third kappa shape index (κ3) is 4.35. The van der Waals surface area contributed by atoms with Crippen LogP contribution in [-0.4, -0.2) is 53.2 Å². The lowest BCUT2D eigenvalue weighted by atomic mass is 9.87. The van der Waals surface area contributed by atoms with Crippen molar-refractivity contribution in [3.05, 3.63) is 0 Å². The van der Waals surface area contributed by atoms with Crippen LogP contribution >= 0.6 is 0 Å². The average molecular weight is 296 g/mol. The second-order valence-corrected chi connectivity index (χ2v) is 7.86. The molecule has 3 unspecified atom stereocenters. The summed E-state index contributed by atoms with van der Waals surface area (Å²) in [5.41, 5.74) is -0.413. The van der Waals surface area contributed by atoms with Gasteiger partial charge in [-0.15, -0.1) is 0 Å². The smallest absolute Gasteiger partial charge is 0.410 e. The Morgan fingerprint density at radius 1 is 1.10 bits per heavy atom. The average Bonchev–Trinajstić information content (AvgIpc) is 2.40. The Bertz CT molecular complexity index is 358. The van der Waals surface area contributed by atoms with Crippen LogP contribution < -0.4 is 0 Å². The summed E-state index contributed by atoms with van der Waals surface area (Å²) >= 11 is 0. The minimum atomic E-state index is -0.413. The fourth-order valence-electron chi connectivity index (χ4n) is 3.65. The van der Waals surface area contributed by atoms with E-state index in [0.717, 1.165) is 13.0 Å². The molecule has 0 radical (unpaired) electrons. The first-order chi connectivity index (χ1) is 9.78. The van der Waals surface area contributed by atoms with Crippen molar-refractivity contribution in [2.45, 2.75) is 78.0 Å².